The molecule has 0 spiro atoms. The van der Waals surface area contributed by atoms with Gasteiger partial charge in [-0.15, -0.1) is 0 Å². The van der Waals surface area contributed by atoms with Crippen LogP contribution in [0.4, 0.5) is 0 Å². The highest BCUT2D eigenvalue weighted by molar-refractivity contribution is 5.80. The molecule has 0 atom stereocenters. The highest BCUT2D eigenvalue weighted by atomic mass is 16.1. The lowest BCUT2D eigenvalue weighted by molar-refractivity contribution is -0.128. The summed E-state index contributed by atoms with van der Waals surface area (Å²) in [4.78, 5) is 11.4. The van der Waals surface area contributed by atoms with Crippen molar-refractivity contribution in [2.45, 2.75) is 45.2 Å². The van der Waals surface area contributed by atoms with Crippen molar-refractivity contribution >= 4 is 5.91 Å². The molecule has 3 N–H and O–H groups in total. The molecule has 1 fully saturated rings. The Bertz CT molecular complexity index is 394. The second kappa shape index (κ2) is 5.53. The van der Waals surface area contributed by atoms with Crippen molar-refractivity contribution in [2.75, 3.05) is 0 Å². The monoisotopic (exact) mass is 246 g/mol. The fourth-order valence-electron chi connectivity index (χ4n) is 2.56. The maximum Gasteiger partial charge on any atom is 0.223 e. The molecule has 1 aromatic rings. The molecule has 1 saturated carbocycles. The fraction of sp³-hybridized carbons (Fsp3) is 0.533. The molecular formula is C15H22N2O. The largest absolute Gasteiger partial charge is 0.369 e. The van der Waals surface area contributed by atoms with Crippen LogP contribution in [0.2, 0.25) is 0 Å². The van der Waals surface area contributed by atoms with E-state index in [-0.39, 0.29) is 11.3 Å². The number of hydrogen-bond acceptors (Lipinski definition) is 2. The number of amides is 1. The first-order valence-corrected chi connectivity index (χ1v) is 6.67. The minimum atomic E-state index is -0.287. The summed E-state index contributed by atoms with van der Waals surface area (Å²) in [5.74, 6) is -0.149. The van der Waals surface area contributed by atoms with E-state index in [1.54, 1.807) is 0 Å². The van der Waals surface area contributed by atoms with Crippen molar-refractivity contribution in [2.24, 2.45) is 11.1 Å². The predicted molar refractivity (Wildman–Crippen MR) is 72.8 cm³/mol. The number of rotatable bonds is 4. The van der Waals surface area contributed by atoms with E-state index >= 15 is 0 Å². The van der Waals surface area contributed by atoms with Crippen LogP contribution in [0.5, 0.6) is 0 Å². The van der Waals surface area contributed by atoms with Gasteiger partial charge in [-0.25, -0.2) is 0 Å². The second-order valence-electron chi connectivity index (χ2n) is 5.57. The number of primary amides is 1. The number of nitrogens with two attached hydrogens (primary N) is 1. The van der Waals surface area contributed by atoms with Gasteiger partial charge in [0.05, 0.1) is 0 Å². The Morgan fingerprint density at radius 1 is 1.33 bits per heavy atom. The number of carbonyl (C=O) groups excluding carboxylic acids is 1. The van der Waals surface area contributed by atoms with E-state index in [1.807, 2.05) is 13.0 Å². The van der Waals surface area contributed by atoms with Crippen molar-refractivity contribution in [3.05, 3.63) is 35.9 Å². The van der Waals surface area contributed by atoms with Crippen LogP contribution in [0.1, 0.15) is 38.2 Å². The van der Waals surface area contributed by atoms with E-state index in [0.29, 0.717) is 6.04 Å². The molecule has 1 amide bonds. The molecule has 0 aliphatic heterocycles. The van der Waals surface area contributed by atoms with Crippen LogP contribution in [-0.2, 0) is 11.3 Å². The first kappa shape index (κ1) is 13.1. The summed E-state index contributed by atoms with van der Waals surface area (Å²) in [6.07, 6.45) is 3.86. The first-order chi connectivity index (χ1) is 8.60. The van der Waals surface area contributed by atoms with Crippen LogP contribution in [0.25, 0.3) is 0 Å². The maximum atomic E-state index is 11.4. The third-order valence-corrected chi connectivity index (χ3v) is 4.12. The van der Waals surface area contributed by atoms with Gasteiger partial charge in [0.1, 0.15) is 0 Å². The summed E-state index contributed by atoms with van der Waals surface area (Å²) < 4.78 is 0. The lowest BCUT2D eigenvalue weighted by Crippen LogP contribution is -2.42. The van der Waals surface area contributed by atoms with Crippen LogP contribution >= 0.6 is 0 Å². The molecule has 0 heterocycles. The van der Waals surface area contributed by atoms with Crippen molar-refractivity contribution in [3.63, 3.8) is 0 Å². The summed E-state index contributed by atoms with van der Waals surface area (Å²) in [7, 11) is 0. The quantitative estimate of drug-likeness (QED) is 0.855. The Morgan fingerprint density at radius 3 is 2.50 bits per heavy atom. The third-order valence-electron chi connectivity index (χ3n) is 4.12. The van der Waals surface area contributed by atoms with Gasteiger partial charge in [0.25, 0.3) is 0 Å². The molecule has 18 heavy (non-hydrogen) atoms. The summed E-state index contributed by atoms with van der Waals surface area (Å²) in [6.45, 7) is 2.89. The van der Waals surface area contributed by atoms with Crippen molar-refractivity contribution in [3.8, 4) is 0 Å². The third kappa shape index (κ3) is 3.10. The smallest absolute Gasteiger partial charge is 0.223 e. The van der Waals surface area contributed by atoms with Crippen LogP contribution in [0.15, 0.2) is 30.3 Å². The zero-order chi connectivity index (χ0) is 13.0. The molecule has 3 nitrogen and oxygen atoms in total. The second-order valence-corrected chi connectivity index (χ2v) is 5.57. The predicted octanol–water partition coefficient (Wildman–Crippen LogP) is 2.21. The van der Waals surface area contributed by atoms with E-state index in [4.69, 9.17) is 5.73 Å². The zero-order valence-corrected chi connectivity index (χ0v) is 11.0. The number of carbonyl (C=O) groups is 1. The lowest BCUT2D eigenvalue weighted by atomic mass is 9.73. The Hall–Kier alpha value is -1.35. The molecule has 2 rings (SSSR count). The fourth-order valence-corrected chi connectivity index (χ4v) is 2.56. The van der Waals surface area contributed by atoms with Crippen molar-refractivity contribution < 1.29 is 4.79 Å². The van der Waals surface area contributed by atoms with Gasteiger partial charge >= 0.3 is 0 Å². The van der Waals surface area contributed by atoms with Gasteiger partial charge in [0.2, 0.25) is 5.91 Å². The number of benzene rings is 1. The van der Waals surface area contributed by atoms with Gasteiger partial charge in [-0.3, -0.25) is 4.79 Å². The minimum Gasteiger partial charge on any atom is -0.369 e. The van der Waals surface area contributed by atoms with Crippen molar-refractivity contribution in [1.82, 2.24) is 5.32 Å². The molecule has 1 aliphatic rings. The van der Waals surface area contributed by atoms with Crippen LogP contribution < -0.4 is 11.1 Å². The Kier molecular flexibility index (Phi) is 4.02. The summed E-state index contributed by atoms with van der Waals surface area (Å²) >= 11 is 0. The molecule has 0 unspecified atom stereocenters. The van der Waals surface area contributed by atoms with E-state index in [2.05, 4.69) is 29.6 Å². The highest BCUT2D eigenvalue weighted by Gasteiger charge is 2.35. The summed E-state index contributed by atoms with van der Waals surface area (Å²) in [5.41, 5.74) is 6.47. The average Bonchev–Trinajstić information content (AvgIpc) is 2.39. The molecule has 3 heteroatoms. The van der Waals surface area contributed by atoms with Gasteiger partial charge in [-0.2, -0.15) is 0 Å². The molecular weight excluding hydrogens is 224 g/mol. The Morgan fingerprint density at radius 2 is 1.94 bits per heavy atom. The summed E-state index contributed by atoms with van der Waals surface area (Å²) in [6, 6.07) is 10.9. The van der Waals surface area contributed by atoms with Crippen LogP contribution in [0, 0.1) is 5.41 Å². The molecule has 0 radical (unpaired) electrons. The average molecular weight is 246 g/mol. The standard InChI is InChI=1S/C15H22N2O/c1-15(14(16)18)9-7-13(8-10-15)17-11-12-5-3-2-4-6-12/h2-6,13,17H,7-11H2,1H3,(H2,16,18). The van der Waals surface area contributed by atoms with Gasteiger partial charge in [-0.1, -0.05) is 37.3 Å². The van der Waals surface area contributed by atoms with E-state index < -0.39 is 0 Å². The lowest BCUT2D eigenvalue weighted by Gasteiger charge is -2.35. The van der Waals surface area contributed by atoms with Gasteiger partial charge in [0.15, 0.2) is 0 Å². The van der Waals surface area contributed by atoms with E-state index in [1.165, 1.54) is 5.56 Å². The van der Waals surface area contributed by atoms with Gasteiger partial charge in [0, 0.05) is 18.0 Å². The number of nitrogens with one attached hydrogen (secondary N) is 1. The van der Waals surface area contributed by atoms with Crippen LogP contribution in [-0.4, -0.2) is 11.9 Å². The molecule has 98 valence electrons. The number of hydrogen-bond donors (Lipinski definition) is 2. The maximum absolute atomic E-state index is 11.4. The normalized spacial score (nSPS) is 27.9. The molecule has 1 aromatic carbocycles. The van der Waals surface area contributed by atoms with Gasteiger partial charge < -0.3 is 11.1 Å². The van der Waals surface area contributed by atoms with Crippen LogP contribution in [0.3, 0.4) is 0 Å². The van der Waals surface area contributed by atoms with Gasteiger partial charge in [-0.05, 0) is 31.2 Å². The molecule has 0 saturated heterocycles. The molecule has 1 aliphatic carbocycles. The first-order valence-electron chi connectivity index (χ1n) is 6.67. The van der Waals surface area contributed by atoms with Crippen molar-refractivity contribution in [1.29, 1.82) is 0 Å². The SMILES string of the molecule is CC1(C(N)=O)CCC(NCc2ccccc2)CC1. The molecule has 0 bridgehead atoms. The molecule has 0 aromatic heterocycles. The Balaban J connectivity index is 1.79. The topological polar surface area (TPSA) is 55.1 Å². The highest BCUT2D eigenvalue weighted by Crippen LogP contribution is 2.35. The summed E-state index contributed by atoms with van der Waals surface area (Å²) in [5, 5.41) is 3.56. The zero-order valence-electron chi connectivity index (χ0n) is 11.0. The Labute approximate surface area is 109 Å². The minimum absolute atomic E-state index is 0.149. The van der Waals surface area contributed by atoms with E-state index in [0.717, 1.165) is 32.2 Å². The van der Waals surface area contributed by atoms with E-state index in [9.17, 15) is 4.79 Å².